The van der Waals surface area contributed by atoms with E-state index in [4.69, 9.17) is 16.3 Å². The average molecular weight is 422 g/mol. The average Bonchev–Trinajstić information content (AvgIpc) is 2.81. The van der Waals surface area contributed by atoms with E-state index in [2.05, 4.69) is 0 Å². The van der Waals surface area contributed by atoms with Crippen LogP contribution in [0.15, 0.2) is 82.6 Å². The Hall–Kier alpha value is -2.55. The van der Waals surface area contributed by atoms with E-state index in [9.17, 15) is 16.8 Å². The van der Waals surface area contributed by atoms with Crippen molar-refractivity contribution in [3.8, 4) is 11.5 Å². The van der Waals surface area contributed by atoms with Gasteiger partial charge in [-0.25, -0.2) is 0 Å². The normalized spacial score (nSPS) is 16.7. The Balaban J connectivity index is 1.69. The molecule has 0 atom stereocenters. The van der Waals surface area contributed by atoms with Gasteiger partial charge in [-0.1, -0.05) is 23.7 Å². The van der Waals surface area contributed by atoms with Crippen LogP contribution >= 0.6 is 11.6 Å². The Bertz CT molecular complexity index is 1170. The predicted molar refractivity (Wildman–Crippen MR) is 101 cm³/mol. The topological polar surface area (TPSA) is 80.8 Å². The van der Waals surface area contributed by atoms with Gasteiger partial charge in [-0.3, -0.25) is 0 Å². The fraction of sp³-hybridized carbons (Fsp3) is 0. The number of anilines is 1. The summed E-state index contributed by atoms with van der Waals surface area (Å²) in [5.41, 5.74) is 0.00894. The van der Waals surface area contributed by atoms with E-state index < -0.39 is 20.0 Å². The van der Waals surface area contributed by atoms with Gasteiger partial charge in [-0.2, -0.15) is 20.5 Å². The quantitative estimate of drug-likeness (QED) is 0.637. The van der Waals surface area contributed by atoms with Gasteiger partial charge < -0.3 is 4.74 Å². The third-order valence-electron chi connectivity index (χ3n) is 3.94. The first-order chi connectivity index (χ1) is 12.8. The molecule has 0 aromatic heterocycles. The van der Waals surface area contributed by atoms with Gasteiger partial charge in [0.2, 0.25) is 0 Å². The molecular formula is C18H12ClNO5S2. The van der Waals surface area contributed by atoms with Gasteiger partial charge in [-0.15, -0.1) is 0 Å². The summed E-state index contributed by atoms with van der Waals surface area (Å²) < 4.78 is 56.9. The fourth-order valence-corrected chi connectivity index (χ4v) is 7.31. The first-order valence-corrected chi connectivity index (χ1v) is 11.0. The summed E-state index contributed by atoms with van der Waals surface area (Å²) in [6.07, 6.45) is 0. The number of hydrogen-bond donors (Lipinski definition) is 0. The lowest BCUT2D eigenvalue weighted by atomic mass is 10.3. The fourth-order valence-electron chi connectivity index (χ4n) is 2.74. The van der Waals surface area contributed by atoms with Gasteiger partial charge in [0.05, 0.1) is 5.69 Å². The molecular weight excluding hydrogens is 410 g/mol. The van der Waals surface area contributed by atoms with Gasteiger partial charge >= 0.3 is 0 Å². The number of rotatable bonds is 3. The van der Waals surface area contributed by atoms with Crippen molar-refractivity contribution in [2.45, 2.75) is 9.79 Å². The van der Waals surface area contributed by atoms with E-state index in [0.29, 0.717) is 20.2 Å². The van der Waals surface area contributed by atoms with Crippen molar-refractivity contribution in [3.05, 3.63) is 77.8 Å². The van der Waals surface area contributed by atoms with Gasteiger partial charge in [0, 0.05) is 5.02 Å². The second kappa shape index (κ2) is 6.26. The van der Waals surface area contributed by atoms with Crippen molar-refractivity contribution in [1.82, 2.24) is 0 Å². The Morgan fingerprint density at radius 3 is 1.59 bits per heavy atom. The molecule has 6 nitrogen and oxygen atoms in total. The number of halogens is 1. The van der Waals surface area contributed by atoms with Crippen molar-refractivity contribution in [2.24, 2.45) is 0 Å². The highest BCUT2D eigenvalue weighted by molar-refractivity contribution is 8.12. The van der Waals surface area contributed by atoms with Crippen LogP contribution in [0.1, 0.15) is 0 Å². The first kappa shape index (κ1) is 17.8. The van der Waals surface area contributed by atoms with Gasteiger partial charge in [0.1, 0.15) is 21.3 Å². The van der Waals surface area contributed by atoms with Crippen LogP contribution < -0.4 is 8.45 Å². The first-order valence-electron chi connectivity index (χ1n) is 7.73. The lowest BCUT2D eigenvalue weighted by molar-refractivity contribution is 0.482. The molecule has 0 aliphatic carbocycles. The van der Waals surface area contributed by atoms with Gasteiger partial charge in [0.25, 0.3) is 20.0 Å². The van der Waals surface area contributed by atoms with Crippen LogP contribution in [0, 0.1) is 0 Å². The van der Waals surface area contributed by atoms with Crippen molar-refractivity contribution in [1.29, 1.82) is 0 Å². The lowest BCUT2D eigenvalue weighted by Crippen LogP contribution is -2.29. The van der Waals surface area contributed by atoms with Crippen molar-refractivity contribution in [2.75, 3.05) is 3.71 Å². The number of nitrogens with zero attached hydrogens (tertiary/aromatic N) is 1. The zero-order valence-electron chi connectivity index (χ0n) is 13.6. The minimum Gasteiger partial charge on any atom is -0.457 e. The van der Waals surface area contributed by atoms with Crippen LogP contribution in [-0.2, 0) is 20.0 Å². The largest absolute Gasteiger partial charge is 0.457 e. The zero-order valence-corrected chi connectivity index (χ0v) is 16.0. The third kappa shape index (κ3) is 2.95. The molecule has 0 fully saturated rings. The second-order valence-corrected chi connectivity index (χ2v) is 9.88. The van der Waals surface area contributed by atoms with E-state index in [1.54, 1.807) is 24.3 Å². The van der Waals surface area contributed by atoms with E-state index in [-0.39, 0.29) is 15.5 Å². The molecule has 1 heterocycles. The summed E-state index contributed by atoms with van der Waals surface area (Å²) in [5.74, 6) is 0.966. The molecule has 0 radical (unpaired) electrons. The maximum Gasteiger partial charge on any atom is 0.279 e. The number of benzene rings is 3. The standard InChI is InChI=1S/C18H12ClNO5S2/c19-13-5-9-15(10-6-13)25-16-11-7-14(8-12-16)20-26(21,22)17-3-1-2-4-18(17)27(20,23)24/h1-12H. The molecule has 0 bridgehead atoms. The van der Waals surface area contributed by atoms with Crippen LogP contribution in [0.4, 0.5) is 5.69 Å². The molecule has 0 spiro atoms. The smallest absolute Gasteiger partial charge is 0.279 e. The lowest BCUT2D eigenvalue weighted by Gasteiger charge is -2.16. The monoisotopic (exact) mass is 421 g/mol. The number of sulfonamides is 2. The molecule has 3 aromatic carbocycles. The predicted octanol–water partition coefficient (Wildman–Crippen LogP) is 4.03. The minimum atomic E-state index is -4.19. The molecule has 1 aliphatic heterocycles. The Morgan fingerprint density at radius 2 is 1.11 bits per heavy atom. The van der Waals surface area contributed by atoms with Crippen molar-refractivity contribution in [3.63, 3.8) is 0 Å². The van der Waals surface area contributed by atoms with Gasteiger partial charge in [-0.05, 0) is 60.7 Å². The summed E-state index contributed by atoms with van der Waals surface area (Å²) in [6.45, 7) is 0. The summed E-state index contributed by atoms with van der Waals surface area (Å²) in [4.78, 5) is -0.460. The van der Waals surface area contributed by atoms with E-state index in [0.717, 1.165) is 0 Å². The second-order valence-electron chi connectivity index (χ2n) is 5.70. The molecule has 0 unspecified atom stereocenters. The van der Waals surface area contributed by atoms with Crippen LogP contribution in [0.25, 0.3) is 0 Å². The maximum absolute atomic E-state index is 12.7. The number of hydrogen-bond acceptors (Lipinski definition) is 5. The molecule has 3 aromatic rings. The molecule has 0 amide bonds. The Kier molecular flexibility index (Phi) is 4.14. The zero-order chi connectivity index (χ0) is 19.2. The Labute approximate surface area is 161 Å². The van der Waals surface area contributed by atoms with Crippen LogP contribution in [0.2, 0.25) is 5.02 Å². The highest BCUT2D eigenvalue weighted by Crippen LogP contribution is 2.40. The molecule has 4 rings (SSSR count). The van der Waals surface area contributed by atoms with E-state index >= 15 is 0 Å². The summed E-state index contributed by atoms with van der Waals surface area (Å²) in [5, 5.41) is 0.571. The molecule has 138 valence electrons. The number of ether oxygens (including phenoxy) is 1. The summed E-state index contributed by atoms with van der Waals surface area (Å²) >= 11 is 5.83. The van der Waals surface area contributed by atoms with Crippen molar-refractivity contribution >= 4 is 37.3 Å². The van der Waals surface area contributed by atoms with Crippen molar-refractivity contribution < 1.29 is 21.6 Å². The Morgan fingerprint density at radius 1 is 0.667 bits per heavy atom. The van der Waals surface area contributed by atoms with E-state index in [1.165, 1.54) is 48.5 Å². The molecule has 1 aliphatic rings. The highest BCUT2D eigenvalue weighted by Gasteiger charge is 2.47. The molecule has 0 N–H and O–H groups in total. The summed E-state index contributed by atoms with van der Waals surface area (Å²) in [6, 6.07) is 18.0. The molecule has 9 heteroatoms. The van der Waals surface area contributed by atoms with E-state index in [1.807, 2.05) is 0 Å². The van der Waals surface area contributed by atoms with Crippen LogP contribution in [0.3, 0.4) is 0 Å². The SMILES string of the molecule is O=S1(=O)c2ccccc2S(=O)(=O)N1c1ccc(Oc2ccc(Cl)cc2)cc1. The molecule has 27 heavy (non-hydrogen) atoms. The highest BCUT2D eigenvalue weighted by atomic mass is 35.5. The molecule has 0 saturated carbocycles. The minimum absolute atomic E-state index is 0.00894. The van der Waals surface area contributed by atoms with Gasteiger partial charge in [0.15, 0.2) is 0 Å². The maximum atomic E-state index is 12.7. The third-order valence-corrected chi connectivity index (χ3v) is 8.62. The van der Waals surface area contributed by atoms with Crippen LogP contribution in [0.5, 0.6) is 11.5 Å². The molecule has 0 saturated heterocycles. The summed E-state index contributed by atoms with van der Waals surface area (Å²) in [7, 11) is -8.39. The van der Waals surface area contributed by atoms with Crippen LogP contribution in [-0.4, -0.2) is 16.8 Å². The number of fused-ring (bicyclic) bond motifs is 1.